The number of nitrogens with zero attached hydrogens (tertiary/aromatic N) is 4. The van der Waals surface area contributed by atoms with Crippen LogP contribution in [0.2, 0.25) is 0 Å². The van der Waals surface area contributed by atoms with E-state index >= 15 is 4.21 Å². The number of aliphatic carboxylic acids is 1. The number of aliphatic hydroxyl groups is 3. The molecule has 86 heavy (non-hydrogen) atoms. The maximum Gasteiger partial charge on any atom is 0.304 e. The monoisotopic (exact) mass is 1240 g/mol. The van der Waals surface area contributed by atoms with Gasteiger partial charge in [0.05, 0.1) is 92.7 Å². The first kappa shape index (κ1) is 67.8. The van der Waals surface area contributed by atoms with E-state index in [1.165, 1.54) is 32.7 Å². The van der Waals surface area contributed by atoms with Gasteiger partial charge >= 0.3 is 5.97 Å². The predicted octanol–water partition coefficient (Wildman–Crippen LogP) is -2.40. The van der Waals surface area contributed by atoms with Crippen molar-refractivity contribution in [1.82, 2.24) is 56.8 Å². The third-order valence-electron chi connectivity index (χ3n) is 15.8. The lowest BCUT2D eigenvalue weighted by atomic mass is 9.85. The van der Waals surface area contributed by atoms with Crippen LogP contribution in [0.25, 0.3) is 10.9 Å². The Kier molecular flexibility index (Phi) is 24.7. The van der Waals surface area contributed by atoms with Crippen LogP contribution >= 0.6 is 11.8 Å². The van der Waals surface area contributed by atoms with Crippen LogP contribution in [0.15, 0.2) is 23.4 Å². The summed E-state index contributed by atoms with van der Waals surface area (Å²) in [6, 6.07) is -3.67. The van der Waals surface area contributed by atoms with Gasteiger partial charge in [-0.15, -0.1) is 5.10 Å². The summed E-state index contributed by atoms with van der Waals surface area (Å²) in [5.41, 5.74) is 7.21. The highest BCUT2D eigenvalue weighted by Crippen LogP contribution is 2.37. The highest BCUT2D eigenvalue weighted by atomic mass is 32.2. The van der Waals surface area contributed by atoms with E-state index in [9.17, 15) is 68.1 Å². The maximum absolute atomic E-state index is 15.3. The molecule has 6 rings (SSSR count). The third kappa shape index (κ3) is 17.9. The quantitative estimate of drug-likeness (QED) is 0.0525. The van der Waals surface area contributed by atoms with E-state index in [-0.39, 0.29) is 35.7 Å². The average molecular weight is 1240 g/mol. The lowest BCUT2D eigenvalue weighted by Crippen LogP contribution is -2.60. The number of aromatic amines is 1. The molecule has 1 fully saturated rings. The second-order valence-electron chi connectivity index (χ2n) is 22.1. The number of fused-ring (bicyclic) bond motifs is 5. The molecule has 472 valence electrons. The fourth-order valence-corrected chi connectivity index (χ4v) is 13.0. The minimum atomic E-state index is -2.41. The molecule has 31 heteroatoms. The summed E-state index contributed by atoms with van der Waals surface area (Å²) >= 11 is 1.51. The Balaban J connectivity index is 1.43. The van der Waals surface area contributed by atoms with Gasteiger partial charge in [-0.05, 0) is 48.6 Å². The molecule has 29 nitrogen and oxygen atoms in total. The van der Waals surface area contributed by atoms with E-state index in [2.05, 4.69) is 47.2 Å². The smallest absolute Gasteiger partial charge is 0.304 e. The van der Waals surface area contributed by atoms with Crippen molar-refractivity contribution in [3.8, 4) is 5.75 Å². The zero-order valence-electron chi connectivity index (χ0n) is 48.6. The van der Waals surface area contributed by atoms with Gasteiger partial charge in [0.25, 0.3) is 0 Å². The number of primary amides is 1. The number of unbranched alkanes of at least 4 members (excludes halogenated alkanes) is 1. The van der Waals surface area contributed by atoms with E-state index in [0.29, 0.717) is 59.5 Å². The molecule has 2 bridgehead atoms. The number of carbonyl (C=O) groups excluding carboxylic acids is 10. The normalized spacial score (nSPS) is 24.7. The summed E-state index contributed by atoms with van der Waals surface area (Å²) in [7, 11) is -0.966. The standard InChI is InChI=1S/C55H78N12O17S2/c1-6-27(2)35-16-32(69)20-58-50(78)30-14-36-34-9-10-43(84-5)37(25-85-12-8-7-11-66-22-31(64-65-66)19-57-49(77)28(3)13-46(75)76)48(34)63-54(36)86(83)26-39(60-45(74)21-59-51(35)79)52(80)61-38(18-44(56)73)55(82)67-23-33(70)17-40(67)53(81)62-47(41(71)15-30)29(4)42(72)24-68/h9-10,22,27-30,33,35,38-40,42,47,63,68,70,72H,6-8,11-21,23-26H2,1-5H3,(H2,56,73)(H,57,77)(H,58,78)(H,59,79)(H,60,74)(H,61,80)(H,62,81)(H,75,76)/t27-,28?,29-,30+,33+,35-,38-,39-,40-,42-,47-,86?/m0/s1. The van der Waals surface area contributed by atoms with Gasteiger partial charge in [0.2, 0.25) is 47.3 Å². The topological polar surface area (TPSA) is 443 Å². The summed E-state index contributed by atoms with van der Waals surface area (Å²) in [4.78, 5) is 155. The van der Waals surface area contributed by atoms with E-state index in [0.717, 1.165) is 4.90 Å². The van der Waals surface area contributed by atoms with Crippen molar-refractivity contribution >= 4 is 98.3 Å². The van der Waals surface area contributed by atoms with Crippen LogP contribution in [0, 0.1) is 29.6 Å². The number of aromatic nitrogens is 4. The lowest BCUT2D eigenvalue weighted by Gasteiger charge is -2.32. The van der Waals surface area contributed by atoms with Crippen LogP contribution < -0.4 is 42.4 Å². The number of carboxylic acid groups (broad SMARTS) is 1. The largest absolute Gasteiger partial charge is 0.496 e. The maximum atomic E-state index is 15.3. The Morgan fingerprint density at radius 2 is 1.69 bits per heavy atom. The number of ketones is 2. The molecule has 0 spiro atoms. The minimum Gasteiger partial charge on any atom is -0.496 e. The van der Waals surface area contributed by atoms with E-state index in [1.807, 2.05) is 0 Å². The van der Waals surface area contributed by atoms with Crippen molar-refractivity contribution in [2.24, 2.45) is 35.3 Å². The molecule has 2 aromatic heterocycles. The van der Waals surface area contributed by atoms with Gasteiger partial charge in [-0.3, -0.25) is 61.6 Å². The number of benzene rings is 1. The number of hydrogen-bond acceptors (Lipinski definition) is 19. The molecule has 8 amide bonds. The van der Waals surface area contributed by atoms with Gasteiger partial charge in [0.15, 0.2) is 11.6 Å². The van der Waals surface area contributed by atoms with Crippen LogP contribution in [0.1, 0.15) is 95.9 Å². The number of hydrogen-bond donors (Lipinski definition) is 12. The second-order valence-corrected chi connectivity index (χ2v) is 24.7. The van der Waals surface area contributed by atoms with Crippen LogP contribution in [0.4, 0.5) is 0 Å². The zero-order valence-corrected chi connectivity index (χ0v) is 50.2. The van der Waals surface area contributed by atoms with Gasteiger partial charge in [0.1, 0.15) is 34.6 Å². The SMILES string of the molecule is CC[C@H](C)[C@@H]1CC(=O)CNC(=O)[C@H]2CC(=O)[C@H]([C@@H](C)[C@@H](O)CO)NC(=O)[C@@H]3C[C@@H](O)CN3C(=O)[C@H](CC(N)=O)NC(=O)[C@H](CS(=O)c3[nH]c4c(CSCCCCn5cc(CNC(=O)C(C)CC(=O)O)nn5)c(OC)ccc4c3C2)NC(=O)CNC1=O. The fraction of sp³-hybridized carbons (Fsp3) is 0.618. The Hall–Kier alpha value is -7.35. The van der Waals surface area contributed by atoms with Gasteiger partial charge in [-0.25, -0.2) is 0 Å². The second kappa shape index (κ2) is 31.3. The van der Waals surface area contributed by atoms with Crippen molar-refractivity contribution in [3.63, 3.8) is 0 Å². The zero-order chi connectivity index (χ0) is 63.1. The number of methoxy groups -OCH3 is 1. The number of H-pyrrole nitrogens is 1. The summed E-state index contributed by atoms with van der Waals surface area (Å²) in [5.74, 6) is -14.3. The number of aliphatic hydroxyl groups excluding tert-OH is 3. The summed E-state index contributed by atoms with van der Waals surface area (Å²) in [6.07, 6.45) is -2.69. The average Bonchev–Trinajstić information content (AvgIpc) is 1.69. The third-order valence-corrected chi connectivity index (χ3v) is 18.3. The number of carbonyl (C=O) groups is 11. The van der Waals surface area contributed by atoms with E-state index in [4.69, 9.17) is 15.6 Å². The van der Waals surface area contributed by atoms with Crippen molar-refractivity contribution in [2.45, 2.75) is 146 Å². The Labute approximate surface area is 502 Å². The Bertz CT molecular complexity index is 3050. The lowest BCUT2D eigenvalue weighted by molar-refractivity contribution is -0.144. The highest BCUT2D eigenvalue weighted by Gasteiger charge is 2.45. The summed E-state index contributed by atoms with van der Waals surface area (Å²) in [6.45, 7) is 4.14. The van der Waals surface area contributed by atoms with Gasteiger partial charge in [0, 0.05) is 72.7 Å². The summed E-state index contributed by atoms with van der Waals surface area (Å²) < 4.78 is 22.8. The number of nitrogens with two attached hydrogens (primary N) is 1. The van der Waals surface area contributed by atoms with Crippen LogP contribution in [-0.4, -0.2) is 196 Å². The molecule has 0 radical (unpaired) electrons. The minimum absolute atomic E-state index is 0.0598. The first-order valence-corrected chi connectivity index (χ1v) is 30.9. The molecule has 2 unspecified atom stereocenters. The van der Waals surface area contributed by atoms with Gasteiger partial charge < -0.3 is 72.7 Å². The molecule has 3 aliphatic rings. The van der Waals surface area contributed by atoms with Crippen molar-refractivity contribution in [3.05, 3.63) is 35.2 Å². The van der Waals surface area contributed by atoms with Gasteiger partial charge in [-0.1, -0.05) is 39.3 Å². The molecule has 3 aromatic rings. The number of thioether (sulfide) groups is 1. The number of aryl methyl sites for hydroxylation is 1. The molecule has 13 N–H and O–H groups in total. The number of Topliss-reactive ketones (excluding diaryl/α,β-unsaturated/α-hetero) is 2. The Morgan fingerprint density at radius 3 is 2.37 bits per heavy atom. The molecule has 12 atom stereocenters. The molecule has 1 aromatic carbocycles. The van der Waals surface area contributed by atoms with Crippen molar-refractivity contribution in [2.75, 3.05) is 44.9 Å². The molecular weight excluding hydrogens is 1160 g/mol. The number of nitrogens with one attached hydrogen (secondary N) is 7. The first-order valence-electron chi connectivity index (χ1n) is 28.4. The number of ether oxygens (including phenoxy) is 1. The number of amides is 8. The van der Waals surface area contributed by atoms with E-state index in [1.54, 1.807) is 36.9 Å². The van der Waals surface area contributed by atoms with E-state index < -0.39 is 199 Å². The summed E-state index contributed by atoms with van der Waals surface area (Å²) in [5, 5.41) is 64.8. The molecular formula is C55H78N12O17S2. The molecule has 0 saturated carbocycles. The van der Waals surface area contributed by atoms with Crippen LogP contribution in [0.3, 0.4) is 0 Å². The van der Waals surface area contributed by atoms with Gasteiger partial charge in [-0.2, -0.15) is 11.8 Å². The van der Waals surface area contributed by atoms with Crippen molar-refractivity contribution in [1.29, 1.82) is 0 Å². The van der Waals surface area contributed by atoms with Crippen LogP contribution in [0.5, 0.6) is 5.75 Å². The number of carboxylic acids is 1. The van der Waals surface area contributed by atoms with Crippen LogP contribution in [-0.2, 0) is 88.8 Å². The van der Waals surface area contributed by atoms with Crippen molar-refractivity contribution < 1.29 is 82.1 Å². The molecule has 0 aliphatic carbocycles. The predicted molar refractivity (Wildman–Crippen MR) is 308 cm³/mol. The Morgan fingerprint density at radius 1 is 0.953 bits per heavy atom. The molecule has 3 aliphatic heterocycles. The molecule has 1 saturated heterocycles. The fourth-order valence-electron chi connectivity index (χ4n) is 10.6. The number of rotatable bonds is 20. The highest BCUT2D eigenvalue weighted by molar-refractivity contribution is 7.98. The first-order chi connectivity index (χ1) is 40.8. The molecule has 5 heterocycles.